The molecule has 2 unspecified atom stereocenters. The van der Waals surface area contributed by atoms with Crippen LogP contribution in [0.15, 0.2) is 173 Å². The Morgan fingerprint density at radius 2 is 0.989 bits per heavy atom. The predicted octanol–water partition coefficient (Wildman–Crippen LogP) is 21.2. The Morgan fingerprint density at radius 1 is 0.409 bits per heavy atom. The number of fused-ring (bicyclic) bond motifs is 15. The Balaban J connectivity index is 1.12. The Kier molecular flexibility index (Phi) is 11.5. The summed E-state index contributed by atoms with van der Waals surface area (Å²) in [6.07, 6.45) is 6.84. The number of anilines is 8. The van der Waals surface area contributed by atoms with Crippen LogP contribution in [0.1, 0.15) is 176 Å². The third-order valence-electron chi connectivity index (χ3n) is 22.5. The average Bonchev–Trinajstić information content (AvgIpc) is 1.23. The zero-order valence-corrected chi connectivity index (χ0v) is 54.6. The molecule has 5 heterocycles. The van der Waals surface area contributed by atoms with Crippen molar-refractivity contribution in [3.63, 3.8) is 0 Å². The lowest BCUT2D eigenvalue weighted by Crippen LogP contribution is -2.62. The number of rotatable bonds is 4. The SMILES string of the molecule is CC(C)(C)c1ccc(N2c3cc(N4c5ccc(C(C)(C)C)cc5C5(C)CCCCC45C)cc4c3B(c3cc5c(cc3N4c3cccc4oc6ccccc6c34)C(C)(C)CCC5(C)C)c3ccc4oc5ccc(C(C)(C)C)cc5c4c32)c(-c2ccccc2)c1. The van der Waals surface area contributed by atoms with Crippen molar-refractivity contribution in [1.82, 2.24) is 0 Å². The summed E-state index contributed by atoms with van der Waals surface area (Å²) in [5, 5.41) is 4.55. The molecule has 11 aromatic rings. The predicted molar refractivity (Wildman–Crippen MR) is 375 cm³/mol. The van der Waals surface area contributed by atoms with E-state index < -0.39 is 0 Å². The van der Waals surface area contributed by atoms with Crippen molar-refractivity contribution in [3.8, 4) is 11.1 Å². The third kappa shape index (κ3) is 7.78. The fourth-order valence-electron chi connectivity index (χ4n) is 17.1. The second-order valence-electron chi connectivity index (χ2n) is 31.9. The monoisotopic (exact) mass is 1150 g/mol. The highest BCUT2D eigenvalue weighted by Crippen LogP contribution is 2.63. The van der Waals surface area contributed by atoms with Gasteiger partial charge in [0.05, 0.1) is 33.4 Å². The van der Waals surface area contributed by atoms with Crippen molar-refractivity contribution in [3.05, 3.63) is 197 Å². The highest BCUT2D eigenvalue weighted by Gasteiger charge is 2.59. The molecule has 0 saturated heterocycles. The van der Waals surface area contributed by atoms with Gasteiger partial charge in [-0.05, 0) is 188 Å². The van der Waals surface area contributed by atoms with Gasteiger partial charge in [-0.25, -0.2) is 0 Å². The maximum atomic E-state index is 7.19. The van der Waals surface area contributed by atoms with Crippen LogP contribution in [-0.4, -0.2) is 12.3 Å². The molecule has 6 heteroatoms. The molecule has 0 spiro atoms. The van der Waals surface area contributed by atoms with E-state index in [9.17, 15) is 0 Å². The summed E-state index contributed by atoms with van der Waals surface area (Å²) in [5.41, 5.74) is 27.2. The topological polar surface area (TPSA) is 36.0 Å². The smallest absolute Gasteiger partial charge is 0.252 e. The standard InChI is InChI=1S/C82H84BN3O2/c1-76(2,3)50-30-34-62(55(42-50)49-24-17-16-18-25-49)85-67-46-53(86-63-35-31-52(78(7,8)9)44-59(63)81(14)38-21-22-39-82(81,86)15)45-66-74(67)83(60-33-37-71-73(75(60)85)56-43-51(77(4,5)6)32-36-69(56)88-71)61-47-57-58(80(12,13)41-40-79(57,10)11)48-65(61)84(66)64-27-23-29-70-72(64)54-26-19-20-28-68(54)87-70/h16-20,23-37,42-48H,21-22,38-41H2,1-15H3. The van der Waals surface area contributed by atoms with E-state index in [2.05, 4.69) is 282 Å². The zero-order chi connectivity index (χ0) is 61.1. The number of para-hydroxylation sites is 1. The lowest BCUT2D eigenvalue weighted by atomic mass is 9.33. The van der Waals surface area contributed by atoms with Gasteiger partial charge in [-0.2, -0.15) is 0 Å². The van der Waals surface area contributed by atoms with Crippen LogP contribution in [0.4, 0.5) is 45.5 Å². The number of benzene rings is 9. The summed E-state index contributed by atoms with van der Waals surface area (Å²) in [6, 6.07) is 63.9. The molecule has 0 radical (unpaired) electrons. The summed E-state index contributed by atoms with van der Waals surface area (Å²) in [5.74, 6) is 0. The minimum absolute atomic E-state index is 0.00680. The molecule has 0 N–H and O–H groups in total. The zero-order valence-electron chi connectivity index (χ0n) is 54.6. The van der Waals surface area contributed by atoms with Crippen molar-refractivity contribution in [1.29, 1.82) is 0 Å². The van der Waals surface area contributed by atoms with Gasteiger partial charge in [-0.1, -0.05) is 201 Å². The lowest BCUT2D eigenvalue weighted by molar-refractivity contribution is 0.195. The largest absolute Gasteiger partial charge is 0.456 e. The quantitative estimate of drug-likeness (QED) is 0.164. The van der Waals surface area contributed by atoms with Crippen LogP contribution in [0.5, 0.6) is 0 Å². The van der Waals surface area contributed by atoms with Gasteiger partial charge >= 0.3 is 0 Å². The van der Waals surface area contributed by atoms with E-state index in [4.69, 9.17) is 8.83 Å². The molecule has 9 aromatic carbocycles. The van der Waals surface area contributed by atoms with Crippen LogP contribution in [0.25, 0.3) is 55.0 Å². The summed E-state index contributed by atoms with van der Waals surface area (Å²) in [4.78, 5) is 8.29. The van der Waals surface area contributed by atoms with E-state index in [1.165, 1.54) is 108 Å². The molecule has 442 valence electrons. The lowest BCUT2D eigenvalue weighted by Gasteiger charge is -2.51. The van der Waals surface area contributed by atoms with Crippen molar-refractivity contribution < 1.29 is 8.83 Å². The first-order chi connectivity index (χ1) is 41.7. The van der Waals surface area contributed by atoms with Crippen molar-refractivity contribution in [2.45, 2.75) is 180 Å². The number of hydrogen-bond donors (Lipinski definition) is 0. The van der Waals surface area contributed by atoms with Gasteiger partial charge in [0.25, 0.3) is 6.71 Å². The molecule has 2 aliphatic carbocycles. The summed E-state index contributed by atoms with van der Waals surface area (Å²) in [6.45, 7) is 36.2. The van der Waals surface area contributed by atoms with Crippen molar-refractivity contribution >= 4 is 112 Å². The van der Waals surface area contributed by atoms with Crippen LogP contribution >= 0.6 is 0 Å². The molecule has 2 atom stereocenters. The van der Waals surface area contributed by atoms with Gasteiger partial charge in [0, 0.05) is 50.2 Å². The van der Waals surface area contributed by atoms with Crippen molar-refractivity contribution in [2.24, 2.45) is 0 Å². The second-order valence-corrected chi connectivity index (χ2v) is 31.9. The molecule has 5 aliphatic rings. The first-order valence-electron chi connectivity index (χ1n) is 32.8. The van der Waals surface area contributed by atoms with E-state index in [0.717, 1.165) is 80.9 Å². The maximum absolute atomic E-state index is 7.19. The molecule has 2 aromatic heterocycles. The average molecular weight is 1150 g/mol. The highest BCUT2D eigenvalue weighted by atomic mass is 16.3. The van der Waals surface area contributed by atoms with Gasteiger partial charge in [-0.15, -0.1) is 0 Å². The molecule has 1 saturated carbocycles. The summed E-state index contributed by atoms with van der Waals surface area (Å²) in [7, 11) is 0. The Hall–Kier alpha value is -7.96. The number of nitrogens with zero attached hydrogens (tertiary/aromatic N) is 3. The Labute approximate surface area is 521 Å². The molecule has 3 aliphatic heterocycles. The van der Waals surface area contributed by atoms with Crippen LogP contribution in [-0.2, 0) is 32.5 Å². The molecular formula is C82H84BN3O2. The van der Waals surface area contributed by atoms with E-state index in [1.807, 2.05) is 0 Å². The fourth-order valence-corrected chi connectivity index (χ4v) is 17.1. The maximum Gasteiger partial charge on any atom is 0.252 e. The molecule has 1 fully saturated rings. The highest BCUT2D eigenvalue weighted by molar-refractivity contribution is 7.00. The van der Waals surface area contributed by atoms with E-state index in [0.29, 0.717) is 0 Å². The minimum Gasteiger partial charge on any atom is -0.456 e. The molecule has 0 amide bonds. The third-order valence-corrected chi connectivity index (χ3v) is 22.5. The first-order valence-corrected chi connectivity index (χ1v) is 32.8. The van der Waals surface area contributed by atoms with E-state index >= 15 is 0 Å². The Morgan fingerprint density at radius 3 is 1.70 bits per heavy atom. The van der Waals surface area contributed by atoms with Gasteiger partial charge in [0.2, 0.25) is 0 Å². The molecule has 88 heavy (non-hydrogen) atoms. The summed E-state index contributed by atoms with van der Waals surface area (Å²) < 4.78 is 14.1. The van der Waals surface area contributed by atoms with Crippen LogP contribution < -0.4 is 31.1 Å². The van der Waals surface area contributed by atoms with Crippen LogP contribution in [0.2, 0.25) is 0 Å². The molecule has 16 rings (SSSR count). The number of hydrogen-bond acceptors (Lipinski definition) is 5. The van der Waals surface area contributed by atoms with E-state index in [1.54, 1.807) is 0 Å². The molecule has 0 bridgehead atoms. The van der Waals surface area contributed by atoms with Gasteiger partial charge in [-0.3, -0.25) is 0 Å². The van der Waals surface area contributed by atoms with Crippen LogP contribution in [0.3, 0.4) is 0 Å². The Bertz CT molecular complexity index is 4760. The van der Waals surface area contributed by atoms with Crippen LogP contribution in [0, 0.1) is 0 Å². The van der Waals surface area contributed by atoms with E-state index in [-0.39, 0.29) is 44.7 Å². The van der Waals surface area contributed by atoms with Gasteiger partial charge in [0.1, 0.15) is 22.3 Å². The molecule has 5 nitrogen and oxygen atoms in total. The molecular weight excluding hydrogens is 1070 g/mol. The second kappa shape index (κ2) is 18.3. The van der Waals surface area contributed by atoms with Gasteiger partial charge in [0.15, 0.2) is 0 Å². The first kappa shape index (κ1) is 55.4. The fraction of sp³-hybridized carbons (Fsp3) is 0.341. The van der Waals surface area contributed by atoms with Crippen molar-refractivity contribution in [2.75, 3.05) is 14.7 Å². The summed E-state index contributed by atoms with van der Waals surface area (Å²) >= 11 is 0. The normalized spacial score (nSPS) is 20.1. The van der Waals surface area contributed by atoms with Gasteiger partial charge < -0.3 is 23.5 Å². The number of furan rings is 2. The minimum atomic E-state index is -0.240.